The number of nitrogens with two attached hydrogens (primary N) is 1. The van der Waals surface area contributed by atoms with Gasteiger partial charge in [-0.3, -0.25) is 0 Å². The fraction of sp³-hybridized carbons (Fsp3) is 0.438. The summed E-state index contributed by atoms with van der Waals surface area (Å²) >= 11 is 1.67. The van der Waals surface area contributed by atoms with E-state index in [1.165, 1.54) is 4.88 Å². The van der Waals surface area contributed by atoms with Gasteiger partial charge in [-0.25, -0.2) is 4.79 Å². The van der Waals surface area contributed by atoms with Crippen LogP contribution in [0.5, 0.6) is 0 Å². The molecule has 3 N–H and O–H groups in total. The molecule has 1 aliphatic rings. The van der Waals surface area contributed by atoms with E-state index in [0.717, 1.165) is 5.57 Å². The maximum absolute atomic E-state index is 12.0. The molecule has 114 valence electrons. The molecule has 21 heavy (non-hydrogen) atoms. The van der Waals surface area contributed by atoms with Crippen molar-refractivity contribution in [1.82, 2.24) is 5.32 Å². The van der Waals surface area contributed by atoms with Gasteiger partial charge in [0.15, 0.2) is 0 Å². The number of nitrogens with one attached hydrogen (secondary N) is 1. The number of carbonyl (C=O) groups is 1. The third-order valence-corrected chi connectivity index (χ3v) is 4.18. The van der Waals surface area contributed by atoms with Crippen LogP contribution in [0.15, 0.2) is 35.4 Å². The van der Waals surface area contributed by atoms with Gasteiger partial charge < -0.3 is 15.8 Å². The fourth-order valence-electron chi connectivity index (χ4n) is 2.08. The van der Waals surface area contributed by atoms with Crippen molar-refractivity contribution in [3.63, 3.8) is 0 Å². The van der Waals surface area contributed by atoms with Gasteiger partial charge in [-0.1, -0.05) is 12.1 Å². The second-order valence-corrected chi connectivity index (χ2v) is 7.35. The zero-order chi connectivity index (χ0) is 15.7. The molecule has 0 saturated carbocycles. The number of alkyl carbamates (subject to hydrolysis) is 1. The SMILES string of the molecule is CC(C)(C)OC(=O)NC1(C)CC=C(c2cccs2)C=C1N. The Morgan fingerprint density at radius 3 is 2.71 bits per heavy atom. The number of thiophene rings is 1. The van der Waals surface area contributed by atoms with E-state index in [1.54, 1.807) is 11.3 Å². The lowest BCUT2D eigenvalue weighted by molar-refractivity contribution is 0.0479. The van der Waals surface area contributed by atoms with Crippen LogP contribution in [0.25, 0.3) is 5.57 Å². The Hall–Kier alpha value is -1.75. The molecule has 4 nitrogen and oxygen atoms in total. The highest BCUT2D eigenvalue weighted by Gasteiger charge is 2.33. The molecule has 0 saturated heterocycles. The third kappa shape index (κ3) is 3.88. The average Bonchev–Trinajstić information content (AvgIpc) is 2.83. The van der Waals surface area contributed by atoms with Gasteiger partial charge in [-0.2, -0.15) is 0 Å². The molecule has 1 aromatic heterocycles. The van der Waals surface area contributed by atoms with E-state index in [0.29, 0.717) is 12.1 Å². The highest BCUT2D eigenvalue weighted by atomic mass is 32.1. The van der Waals surface area contributed by atoms with Crippen molar-refractivity contribution in [3.8, 4) is 0 Å². The van der Waals surface area contributed by atoms with E-state index in [9.17, 15) is 4.79 Å². The zero-order valence-corrected chi connectivity index (χ0v) is 13.7. The van der Waals surface area contributed by atoms with Crippen molar-refractivity contribution in [2.24, 2.45) is 5.73 Å². The highest BCUT2D eigenvalue weighted by Crippen LogP contribution is 2.31. The molecule has 5 heteroatoms. The molecule has 0 bridgehead atoms. The first-order valence-corrected chi connectivity index (χ1v) is 7.80. The van der Waals surface area contributed by atoms with Gasteiger partial charge in [-0.15, -0.1) is 11.3 Å². The van der Waals surface area contributed by atoms with Crippen molar-refractivity contribution in [2.45, 2.75) is 45.3 Å². The van der Waals surface area contributed by atoms with Gasteiger partial charge in [0.2, 0.25) is 0 Å². The summed E-state index contributed by atoms with van der Waals surface area (Å²) in [4.78, 5) is 13.1. The van der Waals surface area contributed by atoms with Crippen LogP contribution in [-0.4, -0.2) is 17.2 Å². The molecule has 2 rings (SSSR count). The van der Waals surface area contributed by atoms with Crippen LogP contribution in [0.3, 0.4) is 0 Å². The molecule has 0 aromatic carbocycles. The summed E-state index contributed by atoms with van der Waals surface area (Å²) in [7, 11) is 0. The van der Waals surface area contributed by atoms with Crippen molar-refractivity contribution in [3.05, 3.63) is 40.2 Å². The Bertz CT molecular complexity index is 582. The average molecular weight is 306 g/mol. The van der Waals surface area contributed by atoms with E-state index < -0.39 is 17.2 Å². The molecule has 1 atom stereocenters. The van der Waals surface area contributed by atoms with E-state index in [-0.39, 0.29) is 0 Å². The molecule has 1 unspecified atom stereocenters. The number of ether oxygens (including phenoxy) is 1. The number of rotatable bonds is 2. The molecule has 0 radical (unpaired) electrons. The van der Waals surface area contributed by atoms with E-state index in [2.05, 4.69) is 17.5 Å². The van der Waals surface area contributed by atoms with Gasteiger partial charge in [0, 0.05) is 10.6 Å². The second kappa shape index (κ2) is 5.56. The Labute approximate surface area is 129 Å². The Balaban J connectivity index is 2.09. The normalized spacial score (nSPS) is 22.3. The predicted molar refractivity (Wildman–Crippen MR) is 87.0 cm³/mol. The van der Waals surface area contributed by atoms with Crippen LogP contribution >= 0.6 is 11.3 Å². The molecule has 1 heterocycles. The number of amides is 1. The summed E-state index contributed by atoms with van der Waals surface area (Å²) in [5.74, 6) is 0. The van der Waals surface area contributed by atoms with Crippen LogP contribution in [0, 0.1) is 0 Å². The van der Waals surface area contributed by atoms with Crippen LogP contribution in [0.2, 0.25) is 0 Å². The Morgan fingerprint density at radius 1 is 1.48 bits per heavy atom. The summed E-state index contributed by atoms with van der Waals surface area (Å²) in [6, 6.07) is 4.07. The lowest BCUT2D eigenvalue weighted by Crippen LogP contribution is -2.51. The summed E-state index contributed by atoms with van der Waals surface area (Å²) < 4.78 is 5.30. The maximum atomic E-state index is 12.0. The third-order valence-electron chi connectivity index (χ3n) is 3.26. The van der Waals surface area contributed by atoms with E-state index in [1.807, 2.05) is 45.2 Å². The van der Waals surface area contributed by atoms with Gasteiger partial charge in [-0.05, 0) is 57.2 Å². The molecule has 1 amide bonds. The number of carbonyl (C=O) groups excluding carboxylic acids is 1. The first-order chi connectivity index (χ1) is 9.70. The molecule has 0 fully saturated rings. The second-order valence-electron chi connectivity index (χ2n) is 6.40. The minimum atomic E-state index is -0.608. The van der Waals surface area contributed by atoms with Crippen LogP contribution < -0.4 is 11.1 Å². The summed E-state index contributed by atoms with van der Waals surface area (Å²) in [6.07, 6.45) is 4.21. The van der Waals surface area contributed by atoms with Crippen molar-refractivity contribution in [1.29, 1.82) is 0 Å². The van der Waals surface area contributed by atoms with Gasteiger partial charge in [0.05, 0.1) is 5.54 Å². The lowest BCUT2D eigenvalue weighted by Gasteiger charge is -2.34. The zero-order valence-electron chi connectivity index (χ0n) is 12.9. The Morgan fingerprint density at radius 2 is 2.19 bits per heavy atom. The molecular formula is C16H22N2O2S. The van der Waals surface area contributed by atoms with Crippen molar-refractivity contribution < 1.29 is 9.53 Å². The number of allylic oxidation sites excluding steroid dienone is 2. The van der Waals surface area contributed by atoms with Gasteiger partial charge in [0.1, 0.15) is 5.60 Å². The first-order valence-electron chi connectivity index (χ1n) is 6.92. The minimum absolute atomic E-state index is 0.450. The summed E-state index contributed by atoms with van der Waals surface area (Å²) in [5.41, 5.74) is 6.79. The maximum Gasteiger partial charge on any atom is 0.408 e. The van der Waals surface area contributed by atoms with Gasteiger partial charge in [0.25, 0.3) is 0 Å². The quantitative estimate of drug-likeness (QED) is 0.876. The molecule has 1 aliphatic carbocycles. The smallest absolute Gasteiger partial charge is 0.408 e. The largest absolute Gasteiger partial charge is 0.444 e. The fourth-order valence-corrected chi connectivity index (χ4v) is 2.82. The van der Waals surface area contributed by atoms with E-state index >= 15 is 0 Å². The highest BCUT2D eigenvalue weighted by molar-refractivity contribution is 7.11. The molecule has 0 aliphatic heterocycles. The predicted octanol–water partition coefficient (Wildman–Crippen LogP) is 3.66. The molecule has 0 spiro atoms. The standard InChI is InChI=1S/C16H22N2O2S/c1-15(2,3)20-14(19)18-16(4)8-7-11(10-13(16)17)12-6-5-9-21-12/h5-7,9-10H,8,17H2,1-4H3,(H,18,19). The number of hydrogen-bond acceptors (Lipinski definition) is 4. The lowest BCUT2D eigenvalue weighted by atomic mass is 9.87. The number of hydrogen-bond donors (Lipinski definition) is 2. The monoisotopic (exact) mass is 306 g/mol. The van der Waals surface area contributed by atoms with Crippen LogP contribution in [0.4, 0.5) is 4.79 Å². The molecule has 1 aromatic rings. The van der Waals surface area contributed by atoms with Crippen molar-refractivity contribution in [2.75, 3.05) is 0 Å². The van der Waals surface area contributed by atoms with Crippen molar-refractivity contribution >= 4 is 23.0 Å². The molecular weight excluding hydrogens is 284 g/mol. The van der Waals surface area contributed by atoms with Crippen LogP contribution in [-0.2, 0) is 4.74 Å². The Kier molecular flexibility index (Phi) is 4.14. The van der Waals surface area contributed by atoms with E-state index in [4.69, 9.17) is 10.5 Å². The van der Waals surface area contributed by atoms with Gasteiger partial charge >= 0.3 is 6.09 Å². The minimum Gasteiger partial charge on any atom is -0.444 e. The first kappa shape index (κ1) is 15.6. The van der Waals surface area contributed by atoms with Crippen LogP contribution in [0.1, 0.15) is 39.0 Å². The summed E-state index contributed by atoms with van der Waals surface area (Å²) in [5, 5.41) is 4.91. The summed E-state index contributed by atoms with van der Waals surface area (Å²) in [6.45, 7) is 7.42. The topological polar surface area (TPSA) is 64.3 Å².